The maximum Gasteiger partial charge on any atom is 0.242 e. The Balaban J connectivity index is 1.51. The Morgan fingerprint density at radius 2 is 1.83 bits per heavy atom. The number of nitrogens with one attached hydrogen (secondary N) is 2. The topological polar surface area (TPSA) is 102 Å². The average Bonchev–Trinajstić information content (AvgIpc) is 3.52. The predicted molar refractivity (Wildman–Crippen MR) is 115 cm³/mol. The lowest BCUT2D eigenvalue weighted by atomic mass is 10.2. The summed E-state index contributed by atoms with van der Waals surface area (Å²) in [6, 6.07) is 6.27. The van der Waals surface area contributed by atoms with Crippen molar-refractivity contribution >= 4 is 27.5 Å². The predicted octanol–water partition coefficient (Wildman–Crippen LogP) is 0.160. The third kappa shape index (κ3) is 5.78. The first kappa shape index (κ1) is 22.7. The van der Waals surface area contributed by atoms with Crippen molar-refractivity contribution in [3.8, 4) is 0 Å². The molecule has 1 aromatic rings. The molecule has 2 aliphatic rings. The molecule has 166 valence electrons. The van der Waals surface area contributed by atoms with Crippen LogP contribution in [0.25, 0.3) is 0 Å². The Kier molecular flexibility index (Phi) is 7.12. The Morgan fingerprint density at radius 3 is 2.43 bits per heavy atom. The minimum atomic E-state index is -3.56. The summed E-state index contributed by atoms with van der Waals surface area (Å²) >= 11 is 0. The van der Waals surface area contributed by atoms with E-state index in [1.165, 1.54) is 26.2 Å². The Bertz CT molecular complexity index is 877. The van der Waals surface area contributed by atoms with E-state index in [-0.39, 0.29) is 22.8 Å². The third-order valence-electron chi connectivity index (χ3n) is 5.52. The molecule has 0 aromatic heterocycles. The molecule has 1 aliphatic heterocycles. The highest BCUT2D eigenvalue weighted by molar-refractivity contribution is 7.89. The largest absolute Gasteiger partial charge is 0.352 e. The summed E-state index contributed by atoms with van der Waals surface area (Å²) in [6.07, 6.45) is 2.16. The number of carbonyl (C=O) groups is 2. The quantitative estimate of drug-likeness (QED) is 0.601. The van der Waals surface area contributed by atoms with Gasteiger partial charge >= 0.3 is 0 Å². The van der Waals surface area contributed by atoms with Crippen LogP contribution in [-0.2, 0) is 19.6 Å². The molecule has 1 aliphatic carbocycles. The van der Waals surface area contributed by atoms with Gasteiger partial charge in [0.25, 0.3) is 0 Å². The zero-order chi connectivity index (χ0) is 21.9. The van der Waals surface area contributed by atoms with Crippen molar-refractivity contribution < 1.29 is 18.0 Å². The molecule has 1 aromatic carbocycles. The molecule has 1 saturated heterocycles. The fourth-order valence-corrected chi connectivity index (χ4v) is 4.32. The molecule has 1 atom stereocenters. The van der Waals surface area contributed by atoms with Crippen LogP contribution < -0.4 is 10.6 Å². The van der Waals surface area contributed by atoms with E-state index in [1.807, 2.05) is 6.92 Å². The molecular formula is C20H31N5O4S. The molecule has 3 rings (SSSR count). The molecule has 2 N–H and O–H groups in total. The number of amides is 2. The number of benzene rings is 1. The summed E-state index contributed by atoms with van der Waals surface area (Å²) in [6.45, 7) is 5.09. The van der Waals surface area contributed by atoms with Crippen molar-refractivity contribution in [2.45, 2.75) is 36.7 Å². The van der Waals surface area contributed by atoms with Crippen molar-refractivity contribution in [1.82, 2.24) is 19.4 Å². The number of hydrogen-bond acceptors (Lipinski definition) is 6. The molecule has 10 heteroatoms. The lowest BCUT2D eigenvalue weighted by Crippen LogP contribution is -2.54. The summed E-state index contributed by atoms with van der Waals surface area (Å²) < 4.78 is 25.7. The highest BCUT2D eigenvalue weighted by Crippen LogP contribution is 2.19. The van der Waals surface area contributed by atoms with Crippen molar-refractivity contribution in [1.29, 1.82) is 0 Å². The van der Waals surface area contributed by atoms with Gasteiger partial charge in [-0.15, -0.1) is 0 Å². The zero-order valence-corrected chi connectivity index (χ0v) is 18.6. The van der Waals surface area contributed by atoms with Gasteiger partial charge < -0.3 is 10.6 Å². The first-order valence-electron chi connectivity index (χ1n) is 10.3. The van der Waals surface area contributed by atoms with Gasteiger partial charge in [-0.2, -0.15) is 0 Å². The van der Waals surface area contributed by atoms with E-state index in [4.69, 9.17) is 0 Å². The molecule has 30 heavy (non-hydrogen) atoms. The van der Waals surface area contributed by atoms with Crippen LogP contribution in [0.3, 0.4) is 0 Å². The first-order chi connectivity index (χ1) is 14.2. The molecular weight excluding hydrogens is 406 g/mol. The number of hydrogen-bond donors (Lipinski definition) is 2. The SMILES string of the molecule is CC(C(=O)Nc1cccc(S(=O)(=O)N(C)C)c1)N1CCN(CC(=O)NC2CC2)CC1. The summed E-state index contributed by atoms with van der Waals surface area (Å²) in [7, 11) is -0.622. The van der Waals surface area contributed by atoms with Gasteiger partial charge in [0.15, 0.2) is 0 Å². The number of rotatable bonds is 8. The normalized spacial score (nSPS) is 19.5. The summed E-state index contributed by atoms with van der Waals surface area (Å²) in [5.74, 6) is -0.112. The Morgan fingerprint density at radius 1 is 1.17 bits per heavy atom. The van der Waals surface area contributed by atoms with Crippen molar-refractivity contribution in [2.75, 3.05) is 52.1 Å². The molecule has 0 radical (unpaired) electrons. The summed E-state index contributed by atoms with van der Waals surface area (Å²) in [5, 5.41) is 5.82. The van der Waals surface area contributed by atoms with Crippen LogP contribution in [-0.4, -0.2) is 93.2 Å². The molecule has 1 unspecified atom stereocenters. The lowest BCUT2D eigenvalue weighted by molar-refractivity contribution is -0.124. The maximum absolute atomic E-state index is 12.7. The minimum Gasteiger partial charge on any atom is -0.352 e. The van der Waals surface area contributed by atoms with Gasteiger partial charge in [-0.1, -0.05) is 6.07 Å². The lowest BCUT2D eigenvalue weighted by Gasteiger charge is -2.37. The fourth-order valence-electron chi connectivity index (χ4n) is 3.37. The third-order valence-corrected chi connectivity index (χ3v) is 7.33. The Hall–Kier alpha value is -2.01. The molecule has 0 bridgehead atoms. The smallest absolute Gasteiger partial charge is 0.242 e. The van der Waals surface area contributed by atoms with E-state index in [1.54, 1.807) is 12.1 Å². The molecule has 9 nitrogen and oxygen atoms in total. The highest BCUT2D eigenvalue weighted by atomic mass is 32.2. The molecule has 1 saturated carbocycles. The average molecular weight is 438 g/mol. The second-order valence-corrected chi connectivity index (χ2v) is 10.3. The van der Waals surface area contributed by atoms with Gasteiger partial charge in [-0.05, 0) is 38.0 Å². The number of carbonyl (C=O) groups excluding carboxylic acids is 2. The van der Waals surface area contributed by atoms with E-state index in [9.17, 15) is 18.0 Å². The number of anilines is 1. The van der Waals surface area contributed by atoms with Crippen molar-refractivity contribution in [2.24, 2.45) is 0 Å². The second kappa shape index (κ2) is 9.42. The van der Waals surface area contributed by atoms with Gasteiger partial charge in [0.1, 0.15) is 0 Å². The summed E-state index contributed by atoms with van der Waals surface area (Å²) in [5.41, 5.74) is 0.449. The number of nitrogens with zero attached hydrogens (tertiary/aromatic N) is 3. The number of sulfonamides is 1. The van der Waals surface area contributed by atoms with Crippen LogP contribution >= 0.6 is 0 Å². The van der Waals surface area contributed by atoms with Crippen LogP contribution in [0.1, 0.15) is 19.8 Å². The van der Waals surface area contributed by atoms with Gasteiger partial charge in [0.2, 0.25) is 21.8 Å². The van der Waals surface area contributed by atoms with Gasteiger partial charge in [-0.3, -0.25) is 19.4 Å². The first-order valence-corrected chi connectivity index (χ1v) is 11.7. The molecule has 2 amide bonds. The van der Waals surface area contributed by atoms with E-state index in [0.29, 0.717) is 31.4 Å². The van der Waals surface area contributed by atoms with Crippen LogP contribution in [0, 0.1) is 0 Å². The van der Waals surface area contributed by atoms with Crippen LogP contribution in [0.2, 0.25) is 0 Å². The maximum atomic E-state index is 12.7. The molecule has 0 spiro atoms. The Labute approximate surface area is 178 Å². The second-order valence-electron chi connectivity index (χ2n) is 8.13. The van der Waals surface area contributed by atoms with Crippen molar-refractivity contribution in [3.05, 3.63) is 24.3 Å². The summed E-state index contributed by atoms with van der Waals surface area (Å²) in [4.78, 5) is 29.0. The standard InChI is InChI=1S/C20H31N5O4S/c1-15(25-11-9-24(10-12-25)14-19(26)21-16-7-8-16)20(27)22-17-5-4-6-18(13-17)30(28,29)23(2)3/h4-6,13,15-16H,7-12,14H2,1-3H3,(H,21,26)(H,22,27). The molecule has 1 heterocycles. The highest BCUT2D eigenvalue weighted by Gasteiger charge is 2.28. The minimum absolute atomic E-state index is 0.0734. The van der Waals surface area contributed by atoms with E-state index >= 15 is 0 Å². The number of piperazine rings is 1. The van der Waals surface area contributed by atoms with Gasteiger partial charge in [0, 0.05) is 52.0 Å². The van der Waals surface area contributed by atoms with E-state index in [0.717, 1.165) is 30.2 Å². The van der Waals surface area contributed by atoms with Gasteiger partial charge in [-0.25, -0.2) is 12.7 Å². The van der Waals surface area contributed by atoms with Crippen molar-refractivity contribution in [3.63, 3.8) is 0 Å². The van der Waals surface area contributed by atoms with Crippen LogP contribution in [0.15, 0.2) is 29.2 Å². The van der Waals surface area contributed by atoms with E-state index in [2.05, 4.69) is 20.4 Å². The monoisotopic (exact) mass is 437 g/mol. The van der Waals surface area contributed by atoms with Crippen LogP contribution in [0.5, 0.6) is 0 Å². The fraction of sp³-hybridized carbons (Fsp3) is 0.600. The van der Waals surface area contributed by atoms with Crippen LogP contribution in [0.4, 0.5) is 5.69 Å². The molecule has 2 fully saturated rings. The zero-order valence-electron chi connectivity index (χ0n) is 17.8. The van der Waals surface area contributed by atoms with Gasteiger partial charge in [0.05, 0.1) is 17.5 Å². The van der Waals surface area contributed by atoms with E-state index < -0.39 is 10.0 Å².